The summed E-state index contributed by atoms with van der Waals surface area (Å²) in [6.45, 7) is 0.194. The van der Waals surface area contributed by atoms with E-state index < -0.39 is 27.6 Å². The molecule has 1 N–H and O–H groups in total. The number of carbonyl (C=O) groups is 2. The SMILES string of the molecule is O=C1c2sccc2N(Cc2ccoc2)C(=O)C1C1=NS(=O)(=O)c2ccccc2N1. The minimum Gasteiger partial charge on any atom is -0.472 e. The molecule has 4 heterocycles. The summed E-state index contributed by atoms with van der Waals surface area (Å²) in [4.78, 5) is 28.2. The molecule has 0 fully saturated rings. The van der Waals surface area contributed by atoms with Crippen LogP contribution in [-0.4, -0.2) is 25.9 Å². The standard InChI is InChI=1S/C19H13N3O5S2/c23-16-15(18-20-12-3-1-2-4-14(12)29(25,26)21-18)19(24)22(9-11-5-7-27-10-11)13-6-8-28-17(13)16/h1-8,10,15H,9H2,(H,20,21). The Labute approximate surface area is 169 Å². The number of amidine groups is 1. The first-order valence-corrected chi connectivity index (χ1v) is 10.9. The lowest BCUT2D eigenvalue weighted by atomic mass is 9.94. The molecule has 146 valence electrons. The Bertz CT molecular complexity index is 1270. The summed E-state index contributed by atoms with van der Waals surface area (Å²) in [5, 5.41) is 4.60. The van der Waals surface area contributed by atoms with Gasteiger partial charge in [-0.1, -0.05) is 12.1 Å². The number of furan rings is 1. The molecule has 29 heavy (non-hydrogen) atoms. The van der Waals surface area contributed by atoms with Crippen molar-refractivity contribution in [3.63, 3.8) is 0 Å². The van der Waals surface area contributed by atoms with E-state index in [1.165, 1.54) is 34.8 Å². The number of Topliss-reactive ketones (excluding diaryl/α,β-unsaturated/α-hetero) is 1. The summed E-state index contributed by atoms with van der Waals surface area (Å²) in [6, 6.07) is 9.66. The van der Waals surface area contributed by atoms with Crippen molar-refractivity contribution in [1.82, 2.24) is 0 Å². The molecule has 2 aliphatic rings. The van der Waals surface area contributed by atoms with Gasteiger partial charge in [0.1, 0.15) is 10.7 Å². The van der Waals surface area contributed by atoms with E-state index in [2.05, 4.69) is 9.71 Å². The number of carbonyl (C=O) groups excluding carboxylic acids is 2. The van der Waals surface area contributed by atoms with Gasteiger partial charge in [0.2, 0.25) is 5.91 Å². The van der Waals surface area contributed by atoms with E-state index in [4.69, 9.17) is 4.42 Å². The fourth-order valence-corrected chi connectivity index (χ4v) is 5.47. The van der Waals surface area contributed by atoms with Gasteiger partial charge in [-0.3, -0.25) is 9.59 Å². The van der Waals surface area contributed by atoms with Crippen molar-refractivity contribution in [2.45, 2.75) is 11.4 Å². The van der Waals surface area contributed by atoms with Gasteiger partial charge in [-0.15, -0.1) is 15.7 Å². The normalized spacial score (nSPS) is 19.9. The number of thiophene rings is 1. The Kier molecular flexibility index (Phi) is 3.93. The van der Waals surface area contributed by atoms with Crippen LogP contribution in [0.1, 0.15) is 15.2 Å². The van der Waals surface area contributed by atoms with Gasteiger partial charge in [0, 0.05) is 5.56 Å². The van der Waals surface area contributed by atoms with Crippen molar-refractivity contribution in [2.75, 3.05) is 10.2 Å². The Balaban J connectivity index is 1.60. The van der Waals surface area contributed by atoms with Gasteiger partial charge in [-0.25, -0.2) is 0 Å². The monoisotopic (exact) mass is 427 g/mol. The molecule has 1 amide bonds. The Morgan fingerprint density at radius 2 is 2.00 bits per heavy atom. The predicted octanol–water partition coefficient (Wildman–Crippen LogP) is 2.90. The van der Waals surface area contributed by atoms with Gasteiger partial charge in [-0.2, -0.15) is 8.42 Å². The molecule has 3 aromatic rings. The number of amides is 1. The highest BCUT2D eigenvalue weighted by Crippen LogP contribution is 2.38. The van der Waals surface area contributed by atoms with E-state index in [1.807, 2.05) is 0 Å². The maximum atomic E-state index is 13.3. The molecule has 2 aromatic heterocycles. The van der Waals surface area contributed by atoms with Gasteiger partial charge in [-0.05, 0) is 29.6 Å². The Hall–Kier alpha value is -3.24. The average molecular weight is 427 g/mol. The highest BCUT2D eigenvalue weighted by molar-refractivity contribution is 7.90. The molecule has 10 heteroatoms. The van der Waals surface area contributed by atoms with Gasteiger partial charge >= 0.3 is 0 Å². The second-order valence-electron chi connectivity index (χ2n) is 6.56. The van der Waals surface area contributed by atoms with E-state index >= 15 is 0 Å². The van der Waals surface area contributed by atoms with Crippen LogP contribution in [0.25, 0.3) is 0 Å². The molecule has 0 aliphatic carbocycles. The van der Waals surface area contributed by atoms with Crippen molar-refractivity contribution in [1.29, 1.82) is 0 Å². The van der Waals surface area contributed by atoms with E-state index in [1.54, 1.807) is 35.7 Å². The first-order valence-electron chi connectivity index (χ1n) is 8.61. The highest BCUT2D eigenvalue weighted by Gasteiger charge is 2.45. The predicted molar refractivity (Wildman–Crippen MR) is 107 cm³/mol. The van der Waals surface area contributed by atoms with E-state index in [0.29, 0.717) is 10.6 Å². The Morgan fingerprint density at radius 3 is 2.79 bits per heavy atom. The van der Waals surface area contributed by atoms with Gasteiger partial charge in [0.25, 0.3) is 10.0 Å². The number of hydrogen-bond donors (Lipinski definition) is 1. The number of anilines is 2. The minimum absolute atomic E-state index is 0.00604. The van der Waals surface area contributed by atoms with Crippen LogP contribution in [0.2, 0.25) is 0 Å². The first-order chi connectivity index (χ1) is 14.0. The lowest BCUT2D eigenvalue weighted by Gasteiger charge is -2.32. The summed E-state index contributed by atoms with van der Waals surface area (Å²) in [5.41, 5.74) is 1.54. The third-order valence-electron chi connectivity index (χ3n) is 4.77. The molecule has 1 aromatic carbocycles. The van der Waals surface area contributed by atoms with Crippen LogP contribution in [0.15, 0.2) is 68.0 Å². The molecule has 1 atom stereocenters. The summed E-state index contributed by atoms with van der Waals surface area (Å²) >= 11 is 1.21. The number of ketones is 1. The molecule has 0 radical (unpaired) electrons. The van der Waals surface area contributed by atoms with Crippen LogP contribution in [0.3, 0.4) is 0 Å². The zero-order valence-electron chi connectivity index (χ0n) is 14.7. The number of fused-ring (bicyclic) bond motifs is 2. The third kappa shape index (κ3) is 2.79. The fraction of sp³-hybridized carbons (Fsp3) is 0.105. The number of nitrogens with zero attached hydrogens (tertiary/aromatic N) is 2. The van der Waals surface area contributed by atoms with Crippen LogP contribution >= 0.6 is 11.3 Å². The number of sulfonamides is 1. The average Bonchev–Trinajstić information content (AvgIpc) is 3.37. The summed E-state index contributed by atoms with van der Waals surface area (Å²) in [6.07, 6.45) is 3.01. The van der Waals surface area contributed by atoms with E-state index in [-0.39, 0.29) is 23.0 Å². The lowest BCUT2D eigenvalue weighted by Crippen LogP contribution is -2.49. The maximum Gasteiger partial charge on any atom is 0.286 e. The van der Waals surface area contributed by atoms with Crippen LogP contribution in [0.5, 0.6) is 0 Å². The highest BCUT2D eigenvalue weighted by atomic mass is 32.2. The third-order valence-corrected chi connectivity index (χ3v) is 7.04. The van der Waals surface area contributed by atoms with E-state index in [0.717, 1.165) is 5.56 Å². The van der Waals surface area contributed by atoms with Gasteiger partial charge in [0.05, 0.1) is 35.3 Å². The number of rotatable bonds is 3. The number of nitrogens with one attached hydrogen (secondary N) is 1. The van der Waals surface area contributed by atoms with Crippen LogP contribution < -0.4 is 10.2 Å². The smallest absolute Gasteiger partial charge is 0.286 e. The fourth-order valence-electron chi connectivity index (χ4n) is 3.45. The quantitative estimate of drug-likeness (QED) is 0.644. The molecule has 0 spiro atoms. The largest absolute Gasteiger partial charge is 0.472 e. The molecule has 5 rings (SSSR count). The number of benzene rings is 1. The van der Waals surface area contributed by atoms with Crippen molar-refractivity contribution in [3.8, 4) is 0 Å². The topological polar surface area (TPSA) is 109 Å². The van der Waals surface area contributed by atoms with Gasteiger partial charge in [0.15, 0.2) is 11.7 Å². The zero-order valence-corrected chi connectivity index (χ0v) is 16.4. The number of para-hydroxylation sites is 1. The lowest BCUT2D eigenvalue weighted by molar-refractivity contribution is -0.119. The second kappa shape index (κ2) is 6.39. The molecular formula is C19H13N3O5S2. The summed E-state index contributed by atoms with van der Waals surface area (Å²) in [7, 11) is -4.03. The number of hydrogen-bond acceptors (Lipinski definition) is 7. The summed E-state index contributed by atoms with van der Waals surface area (Å²) < 4.78 is 34.0. The first kappa shape index (κ1) is 17.8. The Morgan fingerprint density at radius 1 is 1.17 bits per heavy atom. The van der Waals surface area contributed by atoms with Crippen LogP contribution in [-0.2, 0) is 21.4 Å². The minimum atomic E-state index is -4.03. The van der Waals surface area contributed by atoms with Crippen molar-refractivity contribution in [3.05, 3.63) is 64.7 Å². The van der Waals surface area contributed by atoms with Crippen molar-refractivity contribution in [2.24, 2.45) is 10.3 Å². The molecule has 8 nitrogen and oxygen atoms in total. The van der Waals surface area contributed by atoms with Crippen molar-refractivity contribution < 1.29 is 22.4 Å². The summed E-state index contributed by atoms with van der Waals surface area (Å²) in [5.74, 6) is -2.56. The van der Waals surface area contributed by atoms with Gasteiger partial charge < -0.3 is 14.6 Å². The molecular weight excluding hydrogens is 414 g/mol. The molecule has 0 saturated heterocycles. The van der Waals surface area contributed by atoms with E-state index in [9.17, 15) is 18.0 Å². The molecule has 0 bridgehead atoms. The van der Waals surface area contributed by atoms with Crippen molar-refractivity contribution >= 4 is 50.3 Å². The second-order valence-corrected chi connectivity index (χ2v) is 9.05. The maximum absolute atomic E-state index is 13.3. The zero-order chi connectivity index (χ0) is 20.2. The molecule has 0 saturated carbocycles. The van der Waals surface area contributed by atoms with Crippen LogP contribution in [0.4, 0.5) is 11.4 Å². The molecule has 2 aliphatic heterocycles. The van der Waals surface area contributed by atoms with Crippen LogP contribution in [0, 0.1) is 5.92 Å². The molecule has 1 unspecified atom stereocenters.